The van der Waals surface area contributed by atoms with Crippen molar-refractivity contribution in [1.29, 1.82) is 0 Å². The van der Waals surface area contributed by atoms with Gasteiger partial charge in [-0.2, -0.15) is 5.09 Å². The van der Waals surface area contributed by atoms with E-state index in [4.69, 9.17) is 37.5 Å². The zero-order chi connectivity index (χ0) is 39.1. The van der Waals surface area contributed by atoms with Crippen LogP contribution in [0.15, 0.2) is 35.7 Å². The van der Waals surface area contributed by atoms with Crippen molar-refractivity contribution in [2.24, 2.45) is 0 Å². The molecule has 0 aliphatic rings. The van der Waals surface area contributed by atoms with E-state index in [2.05, 4.69) is 10.4 Å². The Morgan fingerprint density at radius 2 is 1.50 bits per heavy atom. The molecule has 0 saturated heterocycles. The number of rotatable bonds is 21. The van der Waals surface area contributed by atoms with Crippen LogP contribution in [0.1, 0.15) is 71.9 Å². The maximum Gasteiger partial charge on any atom is 0.459 e. The third-order valence-corrected chi connectivity index (χ3v) is 9.77. The maximum absolute atomic E-state index is 14.1. The Labute approximate surface area is 307 Å². The first kappa shape index (κ1) is 44.2. The van der Waals surface area contributed by atoms with Crippen molar-refractivity contribution >= 4 is 35.7 Å². The highest BCUT2D eigenvalue weighted by atomic mass is 32.2. The van der Waals surface area contributed by atoms with Crippen LogP contribution in [-0.4, -0.2) is 79.8 Å². The Balaban J connectivity index is 2.26. The molecule has 0 heterocycles. The standard InChI is InChI=1S/C35H53N2O13PS/c1-24(2)48-33(38)25(3)37-51(40,47-18-13-11-12-17-36-34(39)49-35(4,5)6)50-32-20-26(14-15-29(32)44-8)23-52(41,42)19-16-28-30(45-9)21-27(43-7)22-31(28)46-10/h14-16,19-22,24-25H,11-13,17-18,23H2,1-10H3,(H,36,39)(H,37,40)/b19-16+. The van der Waals surface area contributed by atoms with Gasteiger partial charge in [-0.15, -0.1) is 0 Å². The highest BCUT2D eigenvalue weighted by molar-refractivity contribution is 7.93. The van der Waals surface area contributed by atoms with E-state index in [0.29, 0.717) is 48.6 Å². The lowest BCUT2D eigenvalue weighted by molar-refractivity contribution is -0.149. The first-order valence-electron chi connectivity index (χ1n) is 16.6. The first-order chi connectivity index (χ1) is 24.3. The first-order valence-corrected chi connectivity index (χ1v) is 19.9. The van der Waals surface area contributed by atoms with E-state index < -0.39 is 53.1 Å². The summed E-state index contributed by atoms with van der Waals surface area (Å²) in [7, 11) is -2.46. The number of hydrogen-bond donors (Lipinski definition) is 2. The molecule has 2 aromatic carbocycles. The van der Waals surface area contributed by atoms with Gasteiger partial charge >= 0.3 is 19.8 Å². The van der Waals surface area contributed by atoms with Crippen LogP contribution in [0.3, 0.4) is 0 Å². The molecule has 0 bridgehead atoms. The van der Waals surface area contributed by atoms with Gasteiger partial charge in [-0.3, -0.25) is 9.32 Å². The Bertz CT molecular complexity index is 1650. The number of nitrogens with one attached hydrogen (secondary N) is 2. The average Bonchev–Trinajstić information content (AvgIpc) is 3.05. The van der Waals surface area contributed by atoms with Crippen LogP contribution in [0.4, 0.5) is 4.79 Å². The van der Waals surface area contributed by atoms with E-state index in [1.807, 2.05) is 0 Å². The van der Waals surface area contributed by atoms with Crippen molar-refractivity contribution < 1.29 is 60.0 Å². The van der Waals surface area contributed by atoms with Crippen molar-refractivity contribution in [2.75, 3.05) is 41.6 Å². The molecule has 2 atom stereocenters. The quantitative estimate of drug-likeness (QED) is 0.0804. The van der Waals surface area contributed by atoms with E-state index in [1.54, 1.807) is 46.8 Å². The molecule has 15 nitrogen and oxygen atoms in total. The summed E-state index contributed by atoms with van der Waals surface area (Å²) in [5.41, 5.74) is 0.0616. The van der Waals surface area contributed by atoms with Gasteiger partial charge in [0.2, 0.25) is 0 Å². The van der Waals surface area contributed by atoms with Gasteiger partial charge < -0.3 is 38.3 Å². The van der Waals surface area contributed by atoms with Gasteiger partial charge in [0.25, 0.3) is 0 Å². The summed E-state index contributed by atoms with van der Waals surface area (Å²) in [4.78, 5) is 24.5. The molecule has 17 heteroatoms. The second kappa shape index (κ2) is 20.3. The van der Waals surface area contributed by atoms with Crippen molar-refractivity contribution in [1.82, 2.24) is 10.4 Å². The topological polar surface area (TPSA) is 183 Å². The lowest BCUT2D eigenvalue weighted by atomic mass is 10.1. The Morgan fingerprint density at radius 3 is 2.06 bits per heavy atom. The van der Waals surface area contributed by atoms with E-state index in [1.165, 1.54) is 59.6 Å². The zero-order valence-corrected chi connectivity index (χ0v) is 33.3. The summed E-state index contributed by atoms with van der Waals surface area (Å²) in [6, 6.07) is 6.47. The molecule has 52 heavy (non-hydrogen) atoms. The van der Waals surface area contributed by atoms with Crippen LogP contribution in [0.5, 0.6) is 28.7 Å². The van der Waals surface area contributed by atoms with Crippen LogP contribution in [0.2, 0.25) is 0 Å². The number of ether oxygens (including phenoxy) is 6. The van der Waals surface area contributed by atoms with Gasteiger partial charge in [0.15, 0.2) is 21.3 Å². The Hall–Kier alpha value is -3.98. The predicted octanol–water partition coefficient (Wildman–Crippen LogP) is 6.43. The monoisotopic (exact) mass is 772 g/mol. The highest BCUT2D eigenvalue weighted by Gasteiger charge is 2.33. The largest absolute Gasteiger partial charge is 0.496 e. The minimum absolute atomic E-state index is 0.0396. The van der Waals surface area contributed by atoms with Crippen LogP contribution >= 0.6 is 7.75 Å². The normalized spacial score (nSPS) is 13.6. The fourth-order valence-corrected chi connectivity index (χ4v) is 7.08. The number of benzene rings is 2. The fourth-order valence-electron chi connectivity index (χ4n) is 4.47. The van der Waals surface area contributed by atoms with Crippen molar-refractivity contribution in [3.8, 4) is 28.7 Å². The molecule has 292 valence electrons. The van der Waals surface area contributed by atoms with Gasteiger partial charge in [0.1, 0.15) is 28.9 Å². The second-order valence-electron chi connectivity index (χ2n) is 12.8. The number of sulfone groups is 1. The van der Waals surface area contributed by atoms with Crippen molar-refractivity contribution in [3.63, 3.8) is 0 Å². The van der Waals surface area contributed by atoms with Crippen LogP contribution in [0, 0.1) is 0 Å². The predicted molar refractivity (Wildman–Crippen MR) is 197 cm³/mol. The lowest BCUT2D eigenvalue weighted by Crippen LogP contribution is -2.36. The van der Waals surface area contributed by atoms with Gasteiger partial charge in [0, 0.05) is 24.1 Å². The van der Waals surface area contributed by atoms with E-state index in [-0.39, 0.29) is 23.7 Å². The summed E-state index contributed by atoms with van der Waals surface area (Å²) in [5.74, 6) is 0.0658. The zero-order valence-electron chi connectivity index (χ0n) is 31.6. The van der Waals surface area contributed by atoms with E-state index in [9.17, 15) is 22.6 Å². The smallest absolute Gasteiger partial charge is 0.459 e. The number of hydrogen-bond acceptors (Lipinski definition) is 13. The Kier molecular flexibility index (Phi) is 17.3. The Morgan fingerprint density at radius 1 is 0.865 bits per heavy atom. The number of amides is 1. The molecule has 0 spiro atoms. The second-order valence-corrected chi connectivity index (χ2v) is 16.4. The third kappa shape index (κ3) is 15.3. The molecule has 2 aromatic rings. The molecule has 2 rings (SSSR count). The minimum Gasteiger partial charge on any atom is -0.496 e. The van der Waals surface area contributed by atoms with Crippen molar-refractivity contribution in [2.45, 2.75) is 84.3 Å². The highest BCUT2D eigenvalue weighted by Crippen LogP contribution is 2.48. The fraction of sp³-hybridized carbons (Fsp3) is 0.543. The van der Waals surface area contributed by atoms with Crippen LogP contribution in [0.25, 0.3) is 6.08 Å². The molecule has 2 unspecified atom stereocenters. The molecule has 0 aliphatic carbocycles. The molecule has 0 radical (unpaired) electrons. The molecular weight excluding hydrogens is 719 g/mol. The number of esters is 1. The van der Waals surface area contributed by atoms with Crippen LogP contribution < -0.4 is 33.9 Å². The summed E-state index contributed by atoms with van der Waals surface area (Å²) in [6.07, 6.45) is 2.04. The van der Waals surface area contributed by atoms with Gasteiger partial charge in [-0.25, -0.2) is 17.8 Å². The van der Waals surface area contributed by atoms with E-state index in [0.717, 1.165) is 5.41 Å². The lowest BCUT2D eigenvalue weighted by Gasteiger charge is -2.24. The summed E-state index contributed by atoms with van der Waals surface area (Å²) in [6.45, 7) is 10.4. The SMILES string of the molecule is COc1cc(OC)c(/C=C/S(=O)(=O)Cc2ccc(OC)c(OP(=O)(NC(C)C(=O)OC(C)C)OCCCCCNC(=O)OC(C)(C)C)c2)c(OC)c1. The van der Waals surface area contributed by atoms with Gasteiger partial charge in [-0.1, -0.05) is 6.07 Å². The van der Waals surface area contributed by atoms with Gasteiger partial charge in [0.05, 0.1) is 52.5 Å². The average molecular weight is 773 g/mol. The van der Waals surface area contributed by atoms with Crippen molar-refractivity contribution in [3.05, 3.63) is 46.9 Å². The molecule has 0 saturated carbocycles. The number of methoxy groups -OCH3 is 4. The number of alkyl carbamates (subject to hydrolysis) is 1. The maximum atomic E-state index is 14.1. The molecular formula is C35H53N2O13PS. The summed E-state index contributed by atoms with van der Waals surface area (Å²) in [5, 5.41) is 6.33. The molecule has 0 aliphatic heterocycles. The molecule has 0 aromatic heterocycles. The number of carbonyl (C=O) groups is 2. The number of unbranched alkanes of at least 4 members (excludes halogenated alkanes) is 2. The summed E-state index contributed by atoms with van der Waals surface area (Å²) >= 11 is 0. The number of carbonyl (C=O) groups excluding carboxylic acids is 2. The third-order valence-electron chi connectivity index (χ3n) is 6.82. The molecule has 1 amide bonds. The summed E-state index contributed by atoms with van der Waals surface area (Å²) < 4.78 is 84.2. The molecule has 2 N–H and O–H groups in total. The van der Waals surface area contributed by atoms with Crippen LogP contribution in [-0.2, 0) is 38.9 Å². The van der Waals surface area contributed by atoms with Gasteiger partial charge in [-0.05, 0) is 84.6 Å². The minimum atomic E-state index is -4.30. The molecule has 0 fully saturated rings. The van der Waals surface area contributed by atoms with E-state index >= 15 is 0 Å².